The van der Waals surface area contributed by atoms with E-state index in [9.17, 15) is 0 Å². The summed E-state index contributed by atoms with van der Waals surface area (Å²) in [5.41, 5.74) is 7.88. The zero-order valence-electron chi connectivity index (χ0n) is 6.88. The van der Waals surface area contributed by atoms with Crippen molar-refractivity contribution in [3.63, 3.8) is 0 Å². The third-order valence-electron chi connectivity index (χ3n) is 2.00. The van der Waals surface area contributed by atoms with Gasteiger partial charge in [0.25, 0.3) is 0 Å². The first kappa shape index (κ1) is 7.37. The molecule has 3 N–H and O–H groups in total. The quantitative estimate of drug-likeness (QED) is 0.689. The summed E-state index contributed by atoms with van der Waals surface area (Å²) in [5.74, 6) is 0. The lowest BCUT2D eigenvalue weighted by molar-refractivity contribution is 0.940. The number of nitrogens with two attached hydrogens (primary N) is 1. The van der Waals surface area contributed by atoms with Gasteiger partial charge in [-0.05, 0) is 30.5 Å². The van der Waals surface area contributed by atoms with Crippen molar-refractivity contribution in [1.29, 1.82) is 0 Å². The Bertz CT molecular complexity index is 343. The fourth-order valence-corrected chi connectivity index (χ4v) is 1.42. The Balaban J connectivity index is 2.47. The van der Waals surface area contributed by atoms with Crippen LogP contribution in [-0.2, 0) is 6.42 Å². The number of aromatic amines is 1. The minimum absolute atomic E-state index is 0.701. The lowest BCUT2D eigenvalue weighted by Crippen LogP contribution is -2.02. The highest BCUT2D eigenvalue weighted by Gasteiger charge is 1.97. The SMILES string of the molecule is NCCc1cc2ccccc2[nH]1. The highest BCUT2D eigenvalue weighted by Crippen LogP contribution is 2.14. The first-order chi connectivity index (χ1) is 5.90. The predicted octanol–water partition coefficient (Wildman–Crippen LogP) is 1.67. The maximum atomic E-state index is 5.46. The van der Waals surface area contributed by atoms with E-state index >= 15 is 0 Å². The molecular weight excluding hydrogens is 148 g/mol. The van der Waals surface area contributed by atoms with Gasteiger partial charge in [0.2, 0.25) is 0 Å². The van der Waals surface area contributed by atoms with Crippen LogP contribution < -0.4 is 5.73 Å². The zero-order chi connectivity index (χ0) is 8.39. The summed E-state index contributed by atoms with van der Waals surface area (Å²) in [6.07, 6.45) is 0.925. The van der Waals surface area contributed by atoms with E-state index in [0.29, 0.717) is 6.54 Å². The Morgan fingerprint density at radius 3 is 2.83 bits per heavy atom. The minimum atomic E-state index is 0.701. The van der Waals surface area contributed by atoms with Crippen LogP contribution in [0.2, 0.25) is 0 Å². The van der Waals surface area contributed by atoms with E-state index in [1.165, 1.54) is 16.6 Å². The number of para-hydroxylation sites is 1. The van der Waals surface area contributed by atoms with Crippen molar-refractivity contribution >= 4 is 10.9 Å². The Hall–Kier alpha value is -1.28. The zero-order valence-corrected chi connectivity index (χ0v) is 6.88. The van der Waals surface area contributed by atoms with Crippen molar-refractivity contribution in [2.75, 3.05) is 6.54 Å². The van der Waals surface area contributed by atoms with Gasteiger partial charge in [-0.15, -0.1) is 0 Å². The third-order valence-corrected chi connectivity index (χ3v) is 2.00. The van der Waals surface area contributed by atoms with E-state index in [1.54, 1.807) is 0 Å². The molecule has 1 heterocycles. The standard InChI is InChI=1S/C10H12N2/c11-6-5-9-7-8-3-1-2-4-10(8)12-9/h1-4,7,12H,5-6,11H2. The van der Waals surface area contributed by atoms with Crippen LogP contribution >= 0.6 is 0 Å². The van der Waals surface area contributed by atoms with Crippen molar-refractivity contribution in [2.24, 2.45) is 5.73 Å². The molecule has 62 valence electrons. The lowest BCUT2D eigenvalue weighted by Gasteiger charge is -1.89. The molecule has 0 aliphatic heterocycles. The first-order valence-corrected chi connectivity index (χ1v) is 4.17. The Labute approximate surface area is 71.4 Å². The molecule has 12 heavy (non-hydrogen) atoms. The van der Waals surface area contributed by atoms with Crippen LogP contribution in [0.4, 0.5) is 0 Å². The molecule has 0 saturated heterocycles. The number of hydrogen-bond donors (Lipinski definition) is 2. The van der Waals surface area contributed by atoms with Crippen LogP contribution in [0.5, 0.6) is 0 Å². The van der Waals surface area contributed by atoms with Crippen LogP contribution in [0.25, 0.3) is 10.9 Å². The number of fused-ring (bicyclic) bond motifs is 1. The fraction of sp³-hybridized carbons (Fsp3) is 0.200. The molecule has 0 unspecified atom stereocenters. The lowest BCUT2D eigenvalue weighted by atomic mass is 10.2. The monoisotopic (exact) mass is 160 g/mol. The van der Waals surface area contributed by atoms with Crippen LogP contribution in [0, 0.1) is 0 Å². The Kier molecular flexibility index (Phi) is 1.84. The number of aromatic nitrogens is 1. The molecule has 0 fully saturated rings. The molecule has 2 nitrogen and oxygen atoms in total. The second kappa shape index (κ2) is 2.99. The average Bonchev–Trinajstić information content (AvgIpc) is 2.47. The summed E-state index contributed by atoms with van der Waals surface area (Å²) in [7, 11) is 0. The maximum absolute atomic E-state index is 5.46. The fourth-order valence-electron chi connectivity index (χ4n) is 1.42. The van der Waals surface area contributed by atoms with Crippen molar-refractivity contribution in [2.45, 2.75) is 6.42 Å². The normalized spacial score (nSPS) is 10.8. The molecule has 0 aliphatic rings. The summed E-state index contributed by atoms with van der Waals surface area (Å²) in [6.45, 7) is 0.701. The number of rotatable bonds is 2. The molecule has 1 aromatic heterocycles. The summed E-state index contributed by atoms with van der Waals surface area (Å²) >= 11 is 0. The van der Waals surface area contributed by atoms with Gasteiger partial charge < -0.3 is 10.7 Å². The molecule has 2 rings (SSSR count). The van der Waals surface area contributed by atoms with Gasteiger partial charge in [-0.25, -0.2) is 0 Å². The largest absolute Gasteiger partial charge is 0.358 e. The molecule has 0 aliphatic carbocycles. The molecule has 0 amide bonds. The number of H-pyrrole nitrogens is 1. The highest BCUT2D eigenvalue weighted by atomic mass is 14.7. The van der Waals surface area contributed by atoms with E-state index in [4.69, 9.17) is 5.73 Å². The van der Waals surface area contributed by atoms with Crippen molar-refractivity contribution in [3.8, 4) is 0 Å². The molecule has 0 atom stereocenters. The van der Waals surface area contributed by atoms with E-state index in [0.717, 1.165) is 6.42 Å². The smallest absolute Gasteiger partial charge is 0.0456 e. The molecule has 2 aromatic rings. The first-order valence-electron chi connectivity index (χ1n) is 4.17. The third kappa shape index (κ3) is 1.21. The molecule has 1 aromatic carbocycles. The number of nitrogens with one attached hydrogen (secondary N) is 1. The van der Waals surface area contributed by atoms with E-state index < -0.39 is 0 Å². The predicted molar refractivity (Wildman–Crippen MR) is 51.1 cm³/mol. The van der Waals surface area contributed by atoms with Crippen LogP contribution in [-0.4, -0.2) is 11.5 Å². The van der Waals surface area contributed by atoms with Crippen molar-refractivity contribution < 1.29 is 0 Å². The van der Waals surface area contributed by atoms with Crippen LogP contribution in [0.3, 0.4) is 0 Å². The van der Waals surface area contributed by atoms with E-state index in [2.05, 4.69) is 23.2 Å². The average molecular weight is 160 g/mol. The van der Waals surface area contributed by atoms with E-state index in [1.807, 2.05) is 12.1 Å². The Morgan fingerprint density at radius 1 is 1.25 bits per heavy atom. The summed E-state index contributed by atoms with van der Waals surface area (Å²) in [6, 6.07) is 10.4. The second-order valence-corrected chi connectivity index (χ2v) is 2.92. The highest BCUT2D eigenvalue weighted by molar-refractivity contribution is 5.80. The molecule has 0 spiro atoms. The molecular formula is C10H12N2. The summed E-state index contributed by atoms with van der Waals surface area (Å²) < 4.78 is 0. The van der Waals surface area contributed by atoms with Gasteiger partial charge in [0, 0.05) is 11.2 Å². The number of hydrogen-bond acceptors (Lipinski definition) is 1. The second-order valence-electron chi connectivity index (χ2n) is 2.92. The van der Waals surface area contributed by atoms with Gasteiger partial charge in [0.15, 0.2) is 0 Å². The van der Waals surface area contributed by atoms with Gasteiger partial charge in [-0.2, -0.15) is 0 Å². The minimum Gasteiger partial charge on any atom is -0.358 e. The van der Waals surface area contributed by atoms with Gasteiger partial charge in [-0.1, -0.05) is 18.2 Å². The molecule has 0 radical (unpaired) electrons. The van der Waals surface area contributed by atoms with Crippen molar-refractivity contribution in [3.05, 3.63) is 36.0 Å². The van der Waals surface area contributed by atoms with Crippen molar-refractivity contribution in [1.82, 2.24) is 4.98 Å². The summed E-state index contributed by atoms with van der Waals surface area (Å²) in [4.78, 5) is 3.32. The van der Waals surface area contributed by atoms with Crippen LogP contribution in [0.1, 0.15) is 5.69 Å². The Morgan fingerprint density at radius 2 is 2.08 bits per heavy atom. The van der Waals surface area contributed by atoms with Crippen LogP contribution in [0.15, 0.2) is 30.3 Å². The maximum Gasteiger partial charge on any atom is 0.0456 e. The van der Waals surface area contributed by atoms with Gasteiger partial charge in [-0.3, -0.25) is 0 Å². The van der Waals surface area contributed by atoms with E-state index in [-0.39, 0.29) is 0 Å². The molecule has 0 saturated carbocycles. The molecule has 0 bridgehead atoms. The topological polar surface area (TPSA) is 41.8 Å². The van der Waals surface area contributed by atoms with Gasteiger partial charge >= 0.3 is 0 Å². The summed E-state index contributed by atoms with van der Waals surface area (Å²) in [5, 5.41) is 1.26. The van der Waals surface area contributed by atoms with Gasteiger partial charge in [0.1, 0.15) is 0 Å². The number of benzene rings is 1. The molecule has 2 heteroatoms. The van der Waals surface area contributed by atoms with Gasteiger partial charge in [0.05, 0.1) is 0 Å².